The van der Waals surface area contributed by atoms with Crippen LogP contribution in [0.2, 0.25) is 0 Å². The van der Waals surface area contributed by atoms with Crippen molar-refractivity contribution in [3.63, 3.8) is 0 Å². The highest BCUT2D eigenvalue weighted by Gasteiger charge is 2.57. The van der Waals surface area contributed by atoms with Gasteiger partial charge in [-0.15, -0.1) is 0 Å². The largest absolute Gasteiger partial charge is 0.497 e. The van der Waals surface area contributed by atoms with E-state index in [0.717, 1.165) is 38.2 Å². The maximum absolute atomic E-state index is 12.9. The molecule has 1 amide bonds. The third kappa shape index (κ3) is 5.07. The highest BCUT2D eigenvalue weighted by molar-refractivity contribution is 6.62. The van der Waals surface area contributed by atoms with Crippen molar-refractivity contribution in [2.75, 3.05) is 33.2 Å². The molecule has 0 N–H and O–H groups in total. The van der Waals surface area contributed by atoms with E-state index in [2.05, 4.69) is 42.0 Å². The summed E-state index contributed by atoms with van der Waals surface area (Å²) in [4.78, 5) is 19.5. The number of benzene rings is 2. The molecule has 0 aromatic heterocycles. The minimum absolute atomic E-state index is 0.339. The second-order valence-electron chi connectivity index (χ2n) is 10.8. The zero-order valence-corrected chi connectivity index (χ0v) is 21.3. The number of rotatable bonds is 4. The molecule has 35 heavy (non-hydrogen) atoms. The van der Waals surface area contributed by atoms with Crippen LogP contribution in [0.15, 0.2) is 42.5 Å². The molecule has 0 spiro atoms. The fourth-order valence-corrected chi connectivity index (χ4v) is 4.73. The van der Waals surface area contributed by atoms with Crippen LogP contribution in [0, 0.1) is 6.92 Å². The summed E-state index contributed by atoms with van der Waals surface area (Å²) < 4.78 is 17.7. The normalized spacial score (nSPS) is 24.6. The quantitative estimate of drug-likeness (QED) is 0.500. The molecule has 2 saturated heterocycles. The van der Waals surface area contributed by atoms with E-state index in [1.807, 2.05) is 32.9 Å². The lowest BCUT2D eigenvalue weighted by atomic mass is 9.79. The van der Waals surface area contributed by atoms with Crippen molar-refractivity contribution in [1.82, 2.24) is 14.7 Å². The zero-order valence-electron chi connectivity index (χ0n) is 21.3. The highest BCUT2D eigenvalue weighted by Crippen LogP contribution is 2.36. The van der Waals surface area contributed by atoms with Gasteiger partial charge in [0.15, 0.2) is 0 Å². The standard InChI is InChI=1S/C27H35BN3O4/c1-26(2)27(3,4)35-28(34-26)23-8-10-24(11-9-23)33-25(32)31-18-21-7-6-20(16-22(21)19-31)17-30-14-12-29(5)13-15-30/h6-11,16H,1,12-15,17-19H2,2-5H3/q+1. The Morgan fingerprint density at radius 2 is 1.69 bits per heavy atom. The van der Waals surface area contributed by atoms with E-state index in [9.17, 15) is 4.79 Å². The number of nitrogens with zero attached hydrogens (tertiary/aromatic N) is 3. The Hall–Kier alpha value is -2.52. The van der Waals surface area contributed by atoms with Crippen molar-refractivity contribution in [3.8, 4) is 5.75 Å². The van der Waals surface area contributed by atoms with E-state index in [0.29, 0.717) is 18.8 Å². The third-order valence-electron chi connectivity index (χ3n) is 7.65. The molecule has 0 radical (unpaired) electrons. The molecule has 0 saturated carbocycles. The molecule has 2 aromatic carbocycles. The average molecular weight is 476 g/mol. The number of ether oxygens (including phenoxy) is 1. The molecule has 2 fully saturated rings. The first-order chi connectivity index (χ1) is 16.6. The average Bonchev–Trinajstić information content (AvgIpc) is 3.33. The van der Waals surface area contributed by atoms with Gasteiger partial charge in [-0.3, -0.25) is 9.80 Å². The summed E-state index contributed by atoms with van der Waals surface area (Å²) in [6, 6.07) is 13.9. The molecule has 8 heteroatoms. The van der Waals surface area contributed by atoms with Gasteiger partial charge >= 0.3 is 13.2 Å². The molecular formula is C27H35BN3O4+. The minimum Gasteiger partial charge on any atom is -0.410 e. The van der Waals surface area contributed by atoms with Crippen LogP contribution in [0.3, 0.4) is 0 Å². The van der Waals surface area contributed by atoms with E-state index in [1.165, 1.54) is 16.7 Å². The van der Waals surface area contributed by atoms with Gasteiger partial charge in [0.2, 0.25) is 5.60 Å². The Bertz CT molecular complexity index is 1060. The highest BCUT2D eigenvalue weighted by atomic mass is 16.7. The first-order valence-electron chi connectivity index (χ1n) is 12.4. The van der Waals surface area contributed by atoms with E-state index in [4.69, 9.17) is 14.0 Å². The Morgan fingerprint density at radius 1 is 1.00 bits per heavy atom. The van der Waals surface area contributed by atoms with Gasteiger partial charge in [0, 0.05) is 52.7 Å². The van der Waals surface area contributed by atoms with Crippen LogP contribution in [0.5, 0.6) is 5.75 Å². The van der Waals surface area contributed by atoms with Crippen molar-refractivity contribution in [2.45, 2.75) is 51.6 Å². The molecule has 3 aliphatic rings. The van der Waals surface area contributed by atoms with Gasteiger partial charge < -0.3 is 18.9 Å². The number of fused-ring (bicyclic) bond motifs is 1. The molecule has 0 aliphatic carbocycles. The smallest absolute Gasteiger partial charge is 0.410 e. The summed E-state index contributed by atoms with van der Waals surface area (Å²) in [6.07, 6.45) is -0.339. The molecule has 0 bridgehead atoms. The van der Waals surface area contributed by atoms with Gasteiger partial charge in [-0.2, -0.15) is 0 Å². The Labute approximate surface area is 209 Å². The number of hydrogen-bond acceptors (Lipinski definition) is 6. The van der Waals surface area contributed by atoms with Crippen LogP contribution in [0.25, 0.3) is 0 Å². The van der Waals surface area contributed by atoms with Gasteiger partial charge in [0.25, 0.3) is 0 Å². The van der Waals surface area contributed by atoms with Gasteiger partial charge in [-0.05, 0) is 55.2 Å². The molecule has 1 unspecified atom stereocenters. The first-order valence-corrected chi connectivity index (χ1v) is 12.4. The lowest BCUT2D eigenvalue weighted by Gasteiger charge is -2.32. The lowest BCUT2D eigenvalue weighted by Crippen LogP contribution is -2.43. The first kappa shape index (κ1) is 24.2. The van der Waals surface area contributed by atoms with Crippen molar-refractivity contribution in [1.29, 1.82) is 0 Å². The number of carbonyl (C=O) groups is 1. The molecule has 5 rings (SSSR count). The van der Waals surface area contributed by atoms with E-state index >= 15 is 0 Å². The maximum atomic E-state index is 12.9. The topological polar surface area (TPSA) is 54.5 Å². The molecule has 184 valence electrons. The monoisotopic (exact) mass is 476 g/mol. The molecular weight excluding hydrogens is 441 g/mol. The summed E-state index contributed by atoms with van der Waals surface area (Å²) in [6.45, 7) is 16.5. The van der Waals surface area contributed by atoms with Crippen molar-refractivity contribution in [3.05, 3.63) is 66.1 Å². The Morgan fingerprint density at radius 3 is 2.34 bits per heavy atom. The molecule has 3 aliphatic heterocycles. The van der Waals surface area contributed by atoms with E-state index in [-0.39, 0.29) is 6.09 Å². The summed E-state index contributed by atoms with van der Waals surface area (Å²) in [7, 11) is 1.68. The summed E-state index contributed by atoms with van der Waals surface area (Å²) in [5.41, 5.74) is 3.42. The predicted molar refractivity (Wildman–Crippen MR) is 136 cm³/mol. The van der Waals surface area contributed by atoms with Gasteiger partial charge in [0.1, 0.15) is 11.4 Å². The molecule has 2 aromatic rings. The third-order valence-corrected chi connectivity index (χ3v) is 7.65. The summed E-state index contributed by atoms with van der Waals surface area (Å²) in [5, 5.41) is 0. The summed E-state index contributed by atoms with van der Waals surface area (Å²) in [5.74, 6) is 0.500. The second-order valence-corrected chi connectivity index (χ2v) is 10.8. The number of amides is 1. The van der Waals surface area contributed by atoms with E-state index < -0.39 is 18.3 Å². The zero-order chi connectivity index (χ0) is 24.8. The molecule has 7 nitrogen and oxygen atoms in total. The minimum atomic E-state index is -0.641. The van der Waals surface area contributed by atoms with Crippen LogP contribution in [-0.2, 0) is 28.9 Å². The van der Waals surface area contributed by atoms with Crippen LogP contribution < -0.4 is 10.2 Å². The van der Waals surface area contributed by atoms with Crippen LogP contribution in [-0.4, -0.2) is 72.3 Å². The Balaban J connectivity index is 1.16. The molecule has 1 atom stereocenters. The molecule has 3 heterocycles. The fraction of sp³-hybridized carbons (Fsp3) is 0.481. The van der Waals surface area contributed by atoms with Gasteiger partial charge in [-0.1, -0.05) is 30.3 Å². The SMILES string of the molecule is [CH2+]C1(C)OB(c2ccc(OC(=O)N3Cc4ccc(CN5CCN(C)CC5)cc4C3)cc2)OC1(C)C. The maximum Gasteiger partial charge on any atom is 0.497 e. The van der Waals surface area contributed by atoms with Gasteiger partial charge in [-0.25, -0.2) is 4.79 Å². The number of piperazine rings is 1. The Kier molecular flexibility index (Phi) is 6.34. The number of carbonyl (C=O) groups excluding carboxylic acids is 1. The van der Waals surface area contributed by atoms with Crippen molar-refractivity contribution >= 4 is 18.7 Å². The predicted octanol–water partition coefficient (Wildman–Crippen LogP) is 3.06. The van der Waals surface area contributed by atoms with Crippen LogP contribution >= 0.6 is 0 Å². The fourth-order valence-electron chi connectivity index (χ4n) is 4.73. The van der Waals surface area contributed by atoms with E-state index in [1.54, 1.807) is 17.0 Å². The van der Waals surface area contributed by atoms with Crippen molar-refractivity contribution in [2.24, 2.45) is 0 Å². The second kappa shape index (κ2) is 9.17. The number of likely N-dealkylation sites (N-methyl/N-ethyl adjacent to an activating group) is 1. The van der Waals surface area contributed by atoms with Crippen molar-refractivity contribution < 1.29 is 18.8 Å². The summed E-state index contributed by atoms with van der Waals surface area (Å²) >= 11 is 0. The number of hydrogen-bond donors (Lipinski definition) is 0. The van der Waals surface area contributed by atoms with Gasteiger partial charge in [0.05, 0.1) is 6.92 Å². The van der Waals surface area contributed by atoms with Crippen LogP contribution in [0.4, 0.5) is 4.79 Å². The lowest BCUT2D eigenvalue weighted by molar-refractivity contribution is 0.0262. The van der Waals surface area contributed by atoms with Crippen LogP contribution in [0.1, 0.15) is 37.5 Å².